The molecule has 2 heterocycles. The van der Waals surface area contributed by atoms with Gasteiger partial charge in [-0.2, -0.15) is 0 Å². The summed E-state index contributed by atoms with van der Waals surface area (Å²) >= 11 is 12.7. The number of hydrogen-bond acceptors (Lipinski definition) is 2. The summed E-state index contributed by atoms with van der Waals surface area (Å²) in [4.78, 5) is 2.65. The van der Waals surface area contributed by atoms with Crippen LogP contribution >= 0.6 is 23.2 Å². The highest BCUT2D eigenvalue weighted by molar-refractivity contribution is 6.30. The molecule has 2 saturated heterocycles. The van der Waals surface area contributed by atoms with Crippen LogP contribution in [0.1, 0.15) is 63.1 Å². The summed E-state index contributed by atoms with van der Waals surface area (Å²) in [6.07, 6.45) is 5.28. The standard InChI is InChI=1S/C26H31Cl2NO/c1-5-14-26(4)16-22(19-8-7-9-21(28)15-19)24(18-10-12-20(27)13-11-18)29-23(6-2)17(3)30-25(26)29/h5,7-13,15,17,22-25H,1,6,14,16H2,2-4H3/t17-,22+,23-,24+,25?,26-/m0/s1. The smallest absolute Gasteiger partial charge is 0.117 e. The molecule has 0 aliphatic carbocycles. The van der Waals surface area contributed by atoms with E-state index in [0.29, 0.717) is 12.0 Å². The van der Waals surface area contributed by atoms with Crippen LogP contribution in [0.2, 0.25) is 10.0 Å². The molecule has 0 N–H and O–H groups in total. The molecule has 2 nitrogen and oxygen atoms in total. The van der Waals surface area contributed by atoms with E-state index in [1.54, 1.807) is 0 Å². The van der Waals surface area contributed by atoms with Crippen molar-refractivity contribution < 1.29 is 4.74 Å². The molecule has 1 unspecified atom stereocenters. The highest BCUT2D eigenvalue weighted by Crippen LogP contribution is 2.57. The van der Waals surface area contributed by atoms with E-state index in [2.05, 4.69) is 62.6 Å². The molecule has 4 heteroatoms. The largest absolute Gasteiger partial charge is 0.358 e. The Bertz CT molecular complexity index is 898. The number of benzene rings is 2. The predicted octanol–water partition coefficient (Wildman–Crippen LogP) is 7.63. The first kappa shape index (κ1) is 21.9. The molecule has 2 aromatic carbocycles. The molecule has 4 rings (SSSR count). The van der Waals surface area contributed by atoms with Gasteiger partial charge >= 0.3 is 0 Å². The average molecular weight is 444 g/mol. The molecule has 0 aromatic heterocycles. The van der Waals surface area contributed by atoms with Gasteiger partial charge in [0.25, 0.3) is 0 Å². The molecule has 160 valence electrons. The second-order valence-corrected chi connectivity index (χ2v) is 10.00. The summed E-state index contributed by atoms with van der Waals surface area (Å²) in [5.74, 6) is 0.300. The molecule has 0 saturated carbocycles. The molecule has 6 atom stereocenters. The minimum Gasteiger partial charge on any atom is -0.358 e. The van der Waals surface area contributed by atoms with E-state index in [1.807, 2.05) is 24.3 Å². The van der Waals surface area contributed by atoms with Crippen molar-refractivity contribution in [1.82, 2.24) is 4.90 Å². The van der Waals surface area contributed by atoms with Gasteiger partial charge in [-0.05, 0) is 61.6 Å². The van der Waals surface area contributed by atoms with Crippen molar-refractivity contribution >= 4 is 23.2 Å². The summed E-state index contributed by atoms with van der Waals surface area (Å²) in [6.45, 7) is 10.9. The number of fused-ring (bicyclic) bond motifs is 1. The minimum atomic E-state index is -0.0180. The normalized spacial score (nSPS) is 34.0. The highest BCUT2D eigenvalue weighted by atomic mass is 35.5. The first-order valence-electron chi connectivity index (χ1n) is 10.9. The van der Waals surface area contributed by atoms with Crippen LogP contribution in [-0.4, -0.2) is 23.3 Å². The van der Waals surface area contributed by atoms with Gasteiger partial charge in [-0.15, -0.1) is 6.58 Å². The molecule has 0 bridgehead atoms. The third kappa shape index (κ3) is 3.84. The molecule has 2 fully saturated rings. The summed E-state index contributed by atoms with van der Waals surface area (Å²) in [6, 6.07) is 17.3. The van der Waals surface area contributed by atoms with Gasteiger partial charge in [-0.3, -0.25) is 4.90 Å². The van der Waals surface area contributed by atoms with Crippen molar-refractivity contribution in [1.29, 1.82) is 0 Å². The molecule has 0 amide bonds. The number of nitrogens with zero attached hydrogens (tertiary/aromatic N) is 1. The van der Waals surface area contributed by atoms with Gasteiger partial charge in [0.15, 0.2) is 0 Å². The molecule has 0 spiro atoms. The average Bonchev–Trinajstić information content (AvgIpc) is 3.06. The number of piperidine rings is 1. The van der Waals surface area contributed by atoms with Crippen LogP contribution in [0.15, 0.2) is 61.2 Å². The molecule has 0 radical (unpaired) electrons. The fraction of sp³-hybridized carbons (Fsp3) is 0.462. The Morgan fingerprint density at radius 2 is 1.87 bits per heavy atom. The lowest BCUT2D eigenvalue weighted by atomic mass is 9.66. The van der Waals surface area contributed by atoms with E-state index in [9.17, 15) is 0 Å². The van der Waals surface area contributed by atoms with Gasteiger partial charge in [-0.1, -0.05) is 67.4 Å². The van der Waals surface area contributed by atoms with Gasteiger partial charge in [0.1, 0.15) is 6.23 Å². The monoisotopic (exact) mass is 443 g/mol. The lowest BCUT2D eigenvalue weighted by Crippen LogP contribution is -2.54. The maximum Gasteiger partial charge on any atom is 0.117 e. The zero-order valence-electron chi connectivity index (χ0n) is 18.0. The summed E-state index contributed by atoms with van der Waals surface area (Å²) in [5.41, 5.74) is 2.55. The van der Waals surface area contributed by atoms with Gasteiger partial charge in [-0.25, -0.2) is 0 Å². The van der Waals surface area contributed by atoms with Gasteiger partial charge < -0.3 is 4.74 Å². The number of hydrogen-bond donors (Lipinski definition) is 0. The minimum absolute atomic E-state index is 0.0180. The second kappa shape index (κ2) is 8.67. The summed E-state index contributed by atoms with van der Waals surface area (Å²) in [7, 11) is 0. The van der Waals surface area contributed by atoms with Crippen LogP contribution in [-0.2, 0) is 4.74 Å². The highest BCUT2D eigenvalue weighted by Gasteiger charge is 2.56. The Hall–Kier alpha value is -1.32. The van der Waals surface area contributed by atoms with E-state index >= 15 is 0 Å². The number of ether oxygens (including phenoxy) is 1. The van der Waals surface area contributed by atoms with Crippen LogP contribution in [0.4, 0.5) is 0 Å². The van der Waals surface area contributed by atoms with E-state index in [1.165, 1.54) is 11.1 Å². The van der Waals surface area contributed by atoms with Crippen molar-refractivity contribution in [2.45, 2.75) is 70.4 Å². The second-order valence-electron chi connectivity index (χ2n) is 9.13. The molecule has 30 heavy (non-hydrogen) atoms. The third-order valence-corrected chi connectivity index (χ3v) is 7.53. The van der Waals surface area contributed by atoms with E-state index in [4.69, 9.17) is 27.9 Å². The van der Waals surface area contributed by atoms with Crippen molar-refractivity contribution in [3.05, 3.63) is 82.4 Å². The molecule has 2 aromatic rings. The van der Waals surface area contributed by atoms with Gasteiger partial charge in [0.2, 0.25) is 0 Å². The first-order valence-corrected chi connectivity index (χ1v) is 11.7. The third-order valence-electron chi connectivity index (χ3n) is 7.04. The predicted molar refractivity (Wildman–Crippen MR) is 126 cm³/mol. The van der Waals surface area contributed by atoms with Crippen molar-refractivity contribution in [3.8, 4) is 0 Å². The fourth-order valence-electron chi connectivity index (χ4n) is 5.74. The number of rotatable bonds is 5. The SMILES string of the molecule is C=CC[C@@]1(C)C[C@H](c2cccc(Cl)c2)[C@@H](c2ccc(Cl)cc2)N2C1O[C@@H](C)[C@@H]2CC. The number of allylic oxidation sites excluding steroid dienone is 1. The number of halogens is 2. The molecular weight excluding hydrogens is 413 g/mol. The topological polar surface area (TPSA) is 12.5 Å². The maximum atomic E-state index is 6.65. The van der Waals surface area contributed by atoms with Crippen molar-refractivity contribution in [2.75, 3.05) is 0 Å². The summed E-state index contributed by atoms with van der Waals surface area (Å²) < 4.78 is 6.65. The van der Waals surface area contributed by atoms with Crippen LogP contribution in [0.5, 0.6) is 0 Å². The lowest BCUT2D eigenvalue weighted by molar-refractivity contribution is -0.131. The van der Waals surface area contributed by atoms with Crippen LogP contribution in [0, 0.1) is 5.41 Å². The molecule has 2 aliphatic heterocycles. The molecular formula is C26H31Cl2NO. The maximum absolute atomic E-state index is 6.65. The zero-order valence-corrected chi connectivity index (χ0v) is 19.5. The van der Waals surface area contributed by atoms with Crippen molar-refractivity contribution in [3.63, 3.8) is 0 Å². The van der Waals surface area contributed by atoms with Gasteiger partial charge in [0.05, 0.1) is 6.10 Å². The Kier molecular flexibility index (Phi) is 6.33. The van der Waals surface area contributed by atoms with Crippen molar-refractivity contribution in [2.24, 2.45) is 5.41 Å². The van der Waals surface area contributed by atoms with Crippen LogP contribution in [0.25, 0.3) is 0 Å². The zero-order chi connectivity index (χ0) is 21.5. The Morgan fingerprint density at radius 1 is 1.13 bits per heavy atom. The first-order chi connectivity index (χ1) is 14.4. The van der Waals surface area contributed by atoms with Crippen LogP contribution in [0.3, 0.4) is 0 Å². The Morgan fingerprint density at radius 3 is 2.50 bits per heavy atom. The Labute approximate surface area is 190 Å². The van der Waals surface area contributed by atoms with E-state index in [-0.39, 0.29) is 23.8 Å². The quantitative estimate of drug-likeness (QED) is 0.440. The Balaban J connectivity index is 1.89. The van der Waals surface area contributed by atoms with Crippen LogP contribution < -0.4 is 0 Å². The summed E-state index contributed by atoms with van der Waals surface area (Å²) in [5, 5.41) is 1.55. The van der Waals surface area contributed by atoms with E-state index < -0.39 is 0 Å². The lowest BCUT2D eigenvalue weighted by Gasteiger charge is -2.53. The fourth-order valence-corrected chi connectivity index (χ4v) is 6.06. The molecule has 2 aliphatic rings. The van der Waals surface area contributed by atoms with E-state index in [0.717, 1.165) is 29.3 Å². The van der Waals surface area contributed by atoms with Gasteiger partial charge in [0, 0.05) is 33.5 Å².